The average Bonchev–Trinajstić information content (AvgIpc) is 3.07. The van der Waals surface area contributed by atoms with E-state index in [2.05, 4.69) is 15.2 Å². The van der Waals surface area contributed by atoms with Gasteiger partial charge in [-0.2, -0.15) is 5.10 Å². The minimum Gasteiger partial charge on any atom is -0.388 e. The molecule has 1 aromatic heterocycles. The summed E-state index contributed by atoms with van der Waals surface area (Å²) in [6.07, 6.45) is 1.42. The molecule has 3 rings (SSSR count). The Kier molecular flexibility index (Phi) is 3.25. The number of benzene rings is 1. The Labute approximate surface area is 122 Å². The molecule has 1 fully saturated rings. The number of H-pyrrole nitrogens is 1. The van der Waals surface area contributed by atoms with Crippen LogP contribution in [0, 0.1) is 5.92 Å². The van der Waals surface area contributed by atoms with Crippen molar-refractivity contribution in [2.24, 2.45) is 5.92 Å². The number of nitrogens with zero attached hydrogens (tertiary/aromatic N) is 3. The molecule has 6 heteroatoms. The summed E-state index contributed by atoms with van der Waals surface area (Å²) >= 11 is 0. The van der Waals surface area contributed by atoms with E-state index in [-0.39, 0.29) is 11.8 Å². The van der Waals surface area contributed by atoms with Crippen LogP contribution < -0.4 is 0 Å². The van der Waals surface area contributed by atoms with Gasteiger partial charge in [0.1, 0.15) is 6.33 Å². The third kappa shape index (κ3) is 2.42. The normalized spacial score (nSPS) is 25.3. The molecule has 1 saturated heterocycles. The lowest BCUT2D eigenvalue weighted by Gasteiger charge is -2.21. The van der Waals surface area contributed by atoms with Gasteiger partial charge in [-0.3, -0.25) is 9.89 Å². The minimum atomic E-state index is -0.836. The molecule has 6 nitrogen and oxygen atoms in total. The van der Waals surface area contributed by atoms with E-state index in [4.69, 9.17) is 0 Å². The number of β-amino-alcohol motifs (C(OH)–C–C–N with tert-alkyl or cyclic N) is 1. The van der Waals surface area contributed by atoms with E-state index in [1.807, 2.05) is 25.1 Å². The zero-order valence-corrected chi connectivity index (χ0v) is 12.1. The van der Waals surface area contributed by atoms with Gasteiger partial charge in [0, 0.05) is 24.6 Å². The summed E-state index contributed by atoms with van der Waals surface area (Å²) in [5.41, 5.74) is 0.454. The topological polar surface area (TPSA) is 82.1 Å². The smallest absolute Gasteiger partial charge is 0.254 e. The maximum absolute atomic E-state index is 12.7. The number of hydrogen-bond donors (Lipinski definition) is 2. The summed E-state index contributed by atoms with van der Waals surface area (Å²) < 4.78 is 0. The van der Waals surface area contributed by atoms with Crippen molar-refractivity contribution in [3.05, 3.63) is 36.2 Å². The predicted molar refractivity (Wildman–Crippen MR) is 77.5 cm³/mol. The molecule has 0 spiro atoms. The van der Waals surface area contributed by atoms with E-state index in [0.717, 1.165) is 5.56 Å². The maximum Gasteiger partial charge on any atom is 0.254 e. The number of carbonyl (C=O) groups excluding carboxylic acids is 1. The van der Waals surface area contributed by atoms with Crippen molar-refractivity contribution >= 4 is 5.91 Å². The van der Waals surface area contributed by atoms with Gasteiger partial charge in [-0.25, -0.2) is 4.98 Å². The molecule has 2 atom stereocenters. The van der Waals surface area contributed by atoms with Crippen LogP contribution in [0.1, 0.15) is 24.2 Å². The number of aromatic amines is 1. The number of likely N-dealkylation sites (tertiary alicyclic amines) is 1. The van der Waals surface area contributed by atoms with Crippen LogP contribution >= 0.6 is 0 Å². The fourth-order valence-electron chi connectivity index (χ4n) is 2.67. The average molecular weight is 286 g/mol. The Bertz CT molecular complexity index is 651. The van der Waals surface area contributed by atoms with Gasteiger partial charge in [0.15, 0.2) is 5.82 Å². The van der Waals surface area contributed by atoms with Gasteiger partial charge >= 0.3 is 0 Å². The van der Waals surface area contributed by atoms with Crippen LogP contribution in [-0.2, 0) is 0 Å². The molecule has 110 valence electrons. The number of aliphatic hydroxyl groups is 1. The number of hydrogen-bond acceptors (Lipinski definition) is 4. The molecular formula is C15H18N4O2. The van der Waals surface area contributed by atoms with Gasteiger partial charge in [0.25, 0.3) is 5.91 Å². The van der Waals surface area contributed by atoms with Crippen molar-refractivity contribution in [3.8, 4) is 11.4 Å². The Balaban J connectivity index is 1.93. The van der Waals surface area contributed by atoms with Crippen molar-refractivity contribution in [1.82, 2.24) is 20.1 Å². The second-order valence-electron chi connectivity index (χ2n) is 5.82. The molecule has 21 heavy (non-hydrogen) atoms. The number of nitrogens with one attached hydrogen (secondary N) is 1. The zero-order valence-electron chi connectivity index (χ0n) is 12.1. The molecule has 1 aliphatic rings. The number of carbonyl (C=O) groups is 1. The van der Waals surface area contributed by atoms with Gasteiger partial charge < -0.3 is 10.0 Å². The molecular weight excluding hydrogens is 268 g/mol. The number of rotatable bonds is 2. The van der Waals surface area contributed by atoms with Crippen molar-refractivity contribution in [1.29, 1.82) is 0 Å². The maximum atomic E-state index is 12.7. The first-order chi connectivity index (χ1) is 9.99. The highest BCUT2D eigenvalue weighted by Crippen LogP contribution is 2.29. The largest absolute Gasteiger partial charge is 0.388 e. The fourth-order valence-corrected chi connectivity index (χ4v) is 2.67. The highest BCUT2D eigenvalue weighted by molar-refractivity contribution is 6.00. The molecule has 0 unspecified atom stereocenters. The second-order valence-corrected chi connectivity index (χ2v) is 5.82. The van der Waals surface area contributed by atoms with Crippen molar-refractivity contribution < 1.29 is 9.90 Å². The van der Waals surface area contributed by atoms with Crippen LogP contribution in [0.3, 0.4) is 0 Å². The molecule has 2 heterocycles. The third-order valence-electron chi connectivity index (χ3n) is 4.18. The molecule has 2 aromatic rings. The molecule has 0 saturated carbocycles. The first-order valence-electron chi connectivity index (χ1n) is 6.95. The van der Waals surface area contributed by atoms with Crippen LogP contribution in [0.5, 0.6) is 0 Å². The van der Waals surface area contributed by atoms with Crippen LogP contribution in [0.25, 0.3) is 11.4 Å². The number of amides is 1. The van der Waals surface area contributed by atoms with Crippen LogP contribution in [-0.4, -0.2) is 49.8 Å². The van der Waals surface area contributed by atoms with E-state index < -0.39 is 5.60 Å². The van der Waals surface area contributed by atoms with Gasteiger partial charge in [0.2, 0.25) is 0 Å². The molecule has 0 radical (unpaired) electrons. The highest BCUT2D eigenvalue weighted by Gasteiger charge is 2.41. The van der Waals surface area contributed by atoms with Gasteiger partial charge in [-0.1, -0.05) is 25.1 Å². The lowest BCUT2D eigenvalue weighted by atomic mass is 9.95. The van der Waals surface area contributed by atoms with Gasteiger partial charge in [-0.05, 0) is 13.0 Å². The van der Waals surface area contributed by atoms with E-state index in [0.29, 0.717) is 24.5 Å². The van der Waals surface area contributed by atoms with Crippen molar-refractivity contribution in [2.45, 2.75) is 19.4 Å². The Morgan fingerprint density at radius 1 is 1.48 bits per heavy atom. The summed E-state index contributed by atoms with van der Waals surface area (Å²) in [4.78, 5) is 18.6. The molecule has 1 aliphatic heterocycles. The van der Waals surface area contributed by atoms with E-state index in [9.17, 15) is 9.90 Å². The third-order valence-corrected chi connectivity index (χ3v) is 4.18. The highest BCUT2D eigenvalue weighted by atomic mass is 16.3. The summed E-state index contributed by atoms with van der Waals surface area (Å²) in [5, 5.41) is 16.9. The predicted octanol–water partition coefficient (Wildman–Crippen LogP) is 1.31. The lowest BCUT2D eigenvalue weighted by molar-refractivity contribution is 0.0351. The van der Waals surface area contributed by atoms with Crippen LogP contribution in [0.2, 0.25) is 0 Å². The molecule has 1 amide bonds. The molecule has 1 aromatic carbocycles. The van der Waals surface area contributed by atoms with Crippen molar-refractivity contribution in [2.75, 3.05) is 13.1 Å². The Morgan fingerprint density at radius 3 is 2.86 bits per heavy atom. The fraction of sp³-hybridized carbons (Fsp3) is 0.400. The summed E-state index contributed by atoms with van der Waals surface area (Å²) in [6.45, 7) is 4.62. The number of aromatic nitrogens is 3. The van der Waals surface area contributed by atoms with Crippen LogP contribution in [0.4, 0.5) is 0 Å². The summed E-state index contributed by atoms with van der Waals surface area (Å²) in [6, 6.07) is 7.30. The molecule has 0 aliphatic carbocycles. The van der Waals surface area contributed by atoms with Crippen molar-refractivity contribution in [3.63, 3.8) is 0 Å². The zero-order chi connectivity index (χ0) is 15.0. The monoisotopic (exact) mass is 286 g/mol. The first kappa shape index (κ1) is 13.8. The summed E-state index contributed by atoms with van der Waals surface area (Å²) in [5.74, 6) is 0.531. The van der Waals surface area contributed by atoms with Crippen LogP contribution in [0.15, 0.2) is 30.6 Å². The Hall–Kier alpha value is -2.21. The second kappa shape index (κ2) is 4.96. The quantitative estimate of drug-likeness (QED) is 0.872. The minimum absolute atomic E-state index is 0.0545. The van der Waals surface area contributed by atoms with E-state index in [1.54, 1.807) is 17.9 Å². The van der Waals surface area contributed by atoms with Gasteiger partial charge in [0.05, 0.1) is 11.2 Å². The first-order valence-corrected chi connectivity index (χ1v) is 6.95. The van der Waals surface area contributed by atoms with E-state index in [1.165, 1.54) is 6.33 Å². The molecule has 2 N–H and O–H groups in total. The standard InChI is InChI=1S/C15H18N4O2/c1-10-7-19(8-15(10,2)21)14(20)12-6-4-3-5-11(12)13-16-9-17-18-13/h3-6,9-10,21H,7-8H2,1-2H3,(H,16,17,18)/t10-,15+/m1/s1. The summed E-state index contributed by atoms with van der Waals surface area (Å²) in [7, 11) is 0. The SMILES string of the molecule is C[C@@H]1CN(C(=O)c2ccccc2-c2ncn[nH]2)C[C@]1(C)O. The molecule has 0 bridgehead atoms. The Morgan fingerprint density at radius 2 is 2.24 bits per heavy atom. The van der Waals surface area contributed by atoms with E-state index >= 15 is 0 Å². The van der Waals surface area contributed by atoms with Gasteiger partial charge in [-0.15, -0.1) is 0 Å². The lowest BCUT2D eigenvalue weighted by Crippen LogP contribution is -2.35.